The number of aliphatic carboxylic acids is 1. The van der Waals surface area contributed by atoms with Gasteiger partial charge >= 0.3 is 5.97 Å². The first kappa shape index (κ1) is 21.4. The number of carboxylic acids is 1. The van der Waals surface area contributed by atoms with Crippen LogP contribution in [0.4, 0.5) is 0 Å². The molecule has 0 fully saturated rings. The van der Waals surface area contributed by atoms with E-state index in [9.17, 15) is 14.9 Å². The molecule has 132 valence electrons. The zero-order valence-corrected chi connectivity index (χ0v) is 14.3. The molecule has 23 heavy (non-hydrogen) atoms. The number of carboxylic acid groups (broad SMARTS) is 1. The minimum atomic E-state index is -0.758. The maximum atomic E-state index is 11.0. The molecule has 0 unspecified atom stereocenters. The smallest absolute Gasteiger partial charge is 0.303 e. The highest BCUT2D eigenvalue weighted by Crippen LogP contribution is 2.13. The van der Waals surface area contributed by atoms with Gasteiger partial charge in [-0.2, -0.15) is 0 Å². The topological polar surface area (TPSA) is 80.4 Å². The van der Waals surface area contributed by atoms with E-state index in [4.69, 9.17) is 5.11 Å². The molecule has 0 spiro atoms. The monoisotopic (exact) mass is 325 g/mol. The Labute approximate surface area is 139 Å². The van der Waals surface area contributed by atoms with Gasteiger partial charge in [0.25, 0.3) is 0 Å². The molecule has 0 aromatic carbocycles. The maximum Gasteiger partial charge on any atom is 0.303 e. The molecule has 0 atom stereocenters. The van der Waals surface area contributed by atoms with Crippen molar-refractivity contribution in [2.24, 2.45) is 0 Å². The first-order chi connectivity index (χ1) is 11.1. The molecular formula is C18H31NO4. The Morgan fingerprint density at radius 1 is 1.00 bits per heavy atom. The van der Waals surface area contributed by atoms with Gasteiger partial charge < -0.3 is 5.11 Å². The fourth-order valence-corrected chi connectivity index (χ4v) is 2.31. The van der Waals surface area contributed by atoms with Gasteiger partial charge in [0, 0.05) is 12.8 Å². The molecule has 0 heterocycles. The van der Waals surface area contributed by atoms with Crippen LogP contribution in [-0.4, -0.2) is 16.0 Å². The van der Waals surface area contributed by atoms with Crippen molar-refractivity contribution in [3.8, 4) is 0 Å². The summed E-state index contributed by atoms with van der Waals surface area (Å²) in [5.41, 5.74) is 0.300. The number of rotatable bonds is 15. The van der Waals surface area contributed by atoms with Crippen LogP contribution in [0.5, 0.6) is 0 Å². The van der Waals surface area contributed by atoms with Crippen LogP contribution in [0.2, 0.25) is 0 Å². The van der Waals surface area contributed by atoms with Gasteiger partial charge in [0.1, 0.15) is 0 Å². The lowest BCUT2D eigenvalue weighted by Crippen LogP contribution is -1.99. The Balaban J connectivity index is 3.82. The van der Waals surface area contributed by atoms with Crippen LogP contribution in [0.3, 0.4) is 0 Å². The summed E-state index contributed by atoms with van der Waals surface area (Å²) in [5.74, 6) is -0.758. The van der Waals surface area contributed by atoms with Crippen molar-refractivity contribution in [1.29, 1.82) is 0 Å². The molecule has 0 aliphatic heterocycles. The normalized spacial score (nSPS) is 12.0. The molecule has 0 amide bonds. The lowest BCUT2D eigenvalue weighted by Gasteiger charge is -2.00. The van der Waals surface area contributed by atoms with Crippen molar-refractivity contribution >= 4 is 5.97 Å². The summed E-state index contributed by atoms with van der Waals surface area (Å²) in [4.78, 5) is 21.1. The quantitative estimate of drug-likeness (QED) is 0.187. The molecule has 0 aliphatic carbocycles. The Morgan fingerprint density at radius 2 is 1.65 bits per heavy atom. The van der Waals surface area contributed by atoms with Crippen molar-refractivity contribution < 1.29 is 14.8 Å². The molecule has 0 saturated heterocycles. The molecule has 1 N–H and O–H groups in total. The van der Waals surface area contributed by atoms with Gasteiger partial charge in [-0.1, -0.05) is 51.2 Å². The standard InChI is InChI=1S/C18H31NO4/c1-2-3-4-5-6-8-11-14-17(19(22)23)15-12-9-7-10-13-16-18(20)21/h6,8,14H,2-5,7,9-13,15-16H2,1H3,(H,20,21)/b8-6-,17-14+. The van der Waals surface area contributed by atoms with Crippen LogP contribution in [0.1, 0.15) is 84.0 Å². The molecule has 5 heteroatoms. The third-order valence-electron chi connectivity index (χ3n) is 3.69. The van der Waals surface area contributed by atoms with Crippen molar-refractivity contribution in [2.45, 2.75) is 84.0 Å². The number of carbonyl (C=O) groups is 1. The molecule has 0 aliphatic rings. The molecule has 0 bridgehead atoms. The predicted molar refractivity (Wildman–Crippen MR) is 92.9 cm³/mol. The van der Waals surface area contributed by atoms with E-state index in [-0.39, 0.29) is 11.3 Å². The van der Waals surface area contributed by atoms with E-state index in [1.165, 1.54) is 19.3 Å². The third-order valence-corrected chi connectivity index (χ3v) is 3.69. The lowest BCUT2D eigenvalue weighted by atomic mass is 10.1. The zero-order valence-electron chi connectivity index (χ0n) is 14.3. The van der Waals surface area contributed by atoms with Crippen molar-refractivity contribution in [2.75, 3.05) is 0 Å². The molecule has 5 nitrogen and oxygen atoms in total. The Kier molecular flexibility index (Phi) is 14.2. The lowest BCUT2D eigenvalue weighted by molar-refractivity contribution is -0.428. The predicted octanol–water partition coefficient (Wildman–Crippen LogP) is 5.49. The van der Waals surface area contributed by atoms with Gasteiger partial charge in [0.2, 0.25) is 5.70 Å². The fourth-order valence-electron chi connectivity index (χ4n) is 2.31. The van der Waals surface area contributed by atoms with Crippen LogP contribution >= 0.6 is 0 Å². The van der Waals surface area contributed by atoms with Gasteiger partial charge in [-0.25, -0.2) is 0 Å². The largest absolute Gasteiger partial charge is 0.481 e. The SMILES string of the molecule is CCCCC/C=C\C/C=C(\CCCCCCCC(=O)O)[N+](=O)[O-]. The number of nitro groups is 1. The van der Waals surface area contributed by atoms with Crippen molar-refractivity contribution in [3.63, 3.8) is 0 Å². The van der Waals surface area contributed by atoms with E-state index in [1.54, 1.807) is 6.08 Å². The molecule has 0 rings (SSSR count). The van der Waals surface area contributed by atoms with Gasteiger partial charge in [-0.3, -0.25) is 14.9 Å². The summed E-state index contributed by atoms with van der Waals surface area (Å²) in [6, 6.07) is 0. The summed E-state index contributed by atoms with van der Waals surface area (Å²) in [6.07, 6.45) is 16.0. The Morgan fingerprint density at radius 3 is 2.26 bits per heavy atom. The second kappa shape index (κ2) is 15.3. The van der Waals surface area contributed by atoms with Crippen molar-refractivity contribution in [1.82, 2.24) is 0 Å². The van der Waals surface area contributed by atoms with Crippen molar-refractivity contribution in [3.05, 3.63) is 34.0 Å². The maximum absolute atomic E-state index is 11.0. The highest BCUT2D eigenvalue weighted by atomic mass is 16.6. The Hall–Kier alpha value is -1.65. The number of hydrogen-bond acceptors (Lipinski definition) is 3. The molecular weight excluding hydrogens is 294 g/mol. The van der Waals surface area contributed by atoms with E-state index in [1.807, 2.05) is 6.08 Å². The molecule has 0 aromatic rings. The average Bonchev–Trinajstić information content (AvgIpc) is 2.50. The average molecular weight is 325 g/mol. The van der Waals surface area contributed by atoms with Crippen LogP contribution in [0, 0.1) is 10.1 Å². The molecule has 0 aromatic heterocycles. The van der Waals surface area contributed by atoms with Gasteiger partial charge in [0.15, 0.2) is 0 Å². The number of nitrogens with zero attached hydrogens (tertiary/aromatic N) is 1. The van der Waals surface area contributed by atoms with Gasteiger partial charge in [0.05, 0.1) is 4.92 Å². The van der Waals surface area contributed by atoms with E-state index >= 15 is 0 Å². The van der Waals surface area contributed by atoms with Crippen LogP contribution in [-0.2, 0) is 4.79 Å². The minimum absolute atomic E-state index is 0.213. The van der Waals surface area contributed by atoms with Crippen LogP contribution in [0.15, 0.2) is 23.9 Å². The second-order valence-corrected chi connectivity index (χ2v) is 5.82. The molecule has 0 saturated carbocycles. The number of hydrogen-bond donors (Lipinski definition) is 1. The van der Waals surface area contributed by atoms with E-state index in [0.717, 1.165) is 32.1 Å². The summed E-state index contributed by atoms with van der Waals surface area (Å²) in [7, 11) is 0. The highest BCUT2D eigenvalue weighted by Gasteiger charge is 2.08. The number of allylic oxidation sites excluding steroid dienone is 4. The van der Waals surface area contributed by atoms with Gasteiger partial charge in [-0.05, 0) is 38.2 Å². The summed E-state index contributed by atoms with van der Waals surface area (Å²) >= 11 is 0. The van der Waals surface area contributed by atoms with E-state index in [2.05, 4.69) is 13.0 Å². The first-order valence-corrected chi connectivity index (χ1v) is 8.78. The Bertz CT molecular complexity index is 388. The second-order valence-electron chi connectivity index (χ2n) is 5.82. The van der Waals surface area contributed by atoms with Gasteiger partial charge in [-0.15, -0.1) is 0 Å². The highest BCUT2D eigenvalue weighted by molar-refractivity contribution is 5.66. The summed E-state index contributed by atoms with van der Waals surface area (Å²) < 4.78 is 0. The molecule has 0 radical (unpaired) electrons. The van der Waals surface area contributed by atoms with Crippen LogP contribution < -0.4 is 0 Å². The zero-order chi connectivity index (χ0) is 17.3. The first-order valence-electron chi connectivity index (χ1n) is 8.78. The third kappa shape index (κ3) is 15.0. The fraction of sp³-hybridized carbons (Fsp3) is 0.722. The van der Waals surface area contributed by atoms with E-state index < -0.39 is 5.97 Å². The number of unbranched alkanes of at least 4 members (excludes halogenated alkanes) is 7. The summed E-state index contributed by atoms with van der Waals surface area (Å²) in [6.45, 7) is 2.17. The minimum Gasteiger partial charge on any atom is -0.481 e. The van der Waals surface area contributed by atoms with E-state index in [0.29, 0.717) is 25.0 Å². The van der Waals surface area contributed by atoms with Crippen LogP contribution in [0.25, 0.3) is 0 Å². The summed E-state index contributed by atoms with van der Waals surface area (Å²) in [5, 5.41) is 19.5.